The Bertz CT molecular complexity index is 719. The van der Waals surface area contributed by atoms with E-state index in [-0.39, 0.29) is 11.9 Å². The number of hydrogen-bond acceptors (Lipinski definition) is 4. The van der Waals surface area contributed by atoms with Crippen LogP contribution >= 0.6 is 11.6 Å². The van der Waals surface area contributed by atoms with E-state index in [9.17, 15) is 4.79 Å². The van der Waals surface area contributed by atoms with Crippen LogP contribution in [0.15, 0.2) is 42.5 Å². The van der Waals surface area contributed by atoms with Gasteiger partial charge in [-0.2, -0.15) is 0 Å². The van der Waals surface area contributed by atoms with E-state index in [2.05, 4.69) is 5.32 Å². The molecule has 0 aliphatic heterocycles. The molecule has 0 saturated carbocycles. The molecule has 0 unspecified atom stereocenters. The minimum Gasteiger partial charge on any atom is -0.497 e. The van der Waals surface area contributed by atoms with Crippen molar-refractivity contribution in [1.82, 2.24) is 4.90 Å². The van der Waals surface area contributed by atoms with E-state index >= 15 is 0 Å². The number of nitrogens with zero attached hydrogens (tertiary/aromatic N) is 1. The zero-order chi connectivity index (χ0) is 18.4. The summed E-state index contributed by atoms with van der Waals surface area (Å²) in [6, 6.07) is 12.6. The highest BCUT2D eigenvalue weighted by Crippen LogP contribution is 2.28. The number of carbonyl (C=O) groups is 1. The fourth-order valence-corrected chi connectivity index (χ4v) is 2.54. The van der Waals surface area contributed by atoms with Crippen LogP contribution in [0.4, 0.5) is 5.69 Å². The number of methoxy groups -OCH3 is 2. The van der Waals surface area contributed by atoms with Crippen molar-refractivity contribution in [2.75, 3.05) is 26.6 Å². The van der Waals surface area contributed by atoms with Crippen LogP contribution < -0.4 is 14.8 Å². The van der Waals surface area contributed by atoms with Crippen molar-refractivity contribution in [1.29, 1.82) is 0 Å². The number of hydrogen-bond donors (Lipinski definition) is 1. The maximum Gasteiger partial charge on any atom is 0.241 e. The van der Waals surface area contributed by atoms with Crippen LogP contribution in [-0.4, -0.2) is 38.1 Å². The minimum atomic E-state index is -0.328. The summed E-state index contributed by atoms with van der Waals surface area (Å²) >= 11 is 6.00. The number of halogens is 1. The average Bonchev–Trinajstić information content (AvgIpc) is 2.61. The molecule has 0 saturated heterocycles. The molecule has 1 atom stereocenters. The van der Waals surface area contributed by atoms with Gasteiger partial charge in [-0.1, -0.05) is 23.7 Å². The smallest absolute Gasteiger partial charge is 0.241 e. The van der Waals surface area contributed by atoms with E-state index < -0.39 is 0 Å². The van der Waals surface area contributed by atoms with Crippen LogP contribution in [0.1, 0.15) is 12.5 Å². The minimum absolute atomic E-state index is 0.128. The van der Waals surface area contributed by atoms with Gasteiger partial charge >= 0.3 is 0 Å². The van der Waals surface area contributed by atoms with Crippen molar-refractivity contribution < 1.29 is 14.3 Å². The molecule has 134 valence electrons. The van der Waals surface area contributed by atoms with Crippen LogP contribution in [0.2, 0.25) is 5.02 Å². The van der Waals surface area contributed by atoms with Gasteiger partial charge in [0.25, 0.3) is 0 Å². The third kappa shape index (κ3) is 5.11. The molecule has 2 rings (SSSR count). The zero-order valence-electron chi connectivity index (χ0n) is 14.9. The number of amides is 1. The van der Waals surface area contributed by atoms with E-state index in [1.807, 2.05) is 43.1 Å². The topological polar surface area (TPSA) is 50.8 Å². The molecule has 2 aromatic rings. The lowest BCUT2D eigenvalue weighted by Gasteiger charge is -2.24. The van der Waals surface area contributed by atoms with Crippen LogP contribution in [0.5, 0.6) is 11.5 Å². The predicted octanol–water partition coefficient (Wildman–Crippen LogP) is 3.82. The SMILES string of the molecule is COc1ccc(CN(C)[C@@H](C)C(=O)Nc2cc(Cl)ccc2OC)cc1. The molecule has 0 bridgehead atoms. The highest BCUT2D eigenvalue weighted by Gasteiger charge is 2.19. The lowest BCUT2D eigenvalue weighted by molar-refractivity contribution is -0.120. The van der Waals surface area contributed by atoms with Crippen LogP contribution in [0.3, 0.4) is 0 Å². The molecule has 0 fully saturated rings. The van der Waals surface area contributed by atoms with Crippen molar-refractivity contribution in [3.05, 3.63) is 53.1 Å². The van der Waals surface area contributed by atoms with Gasteiger partial charge in [0.1, 0.15) is 11.5 Å². The molecular formula is C19H23ClN2O3. The molecule has 6 heteroatoms. The molecular weight excluding hydrogens is 340 g/mol. The zero-order valence-corrected chi connectivity index (χ0v) is 15.6. The van der Waals surface area contributed by atoms with E-state index in [1.165, 1.54) is 0 Å². The van der Waals surface area contributed by atoms with Gasteiger partial charge in [0, 0.05) is 11.6 Å². The lowest BCUT2D eigenvalue weighted by atomic mass is 10.1. The molecule has 0 heterocycles. The number of ether oxygens (including phenoxy) is 2. The van der Waals surface area contributed by atoms with Crippen molar-refractivity contribution in [2.24, 2.45) is 0 Å². The largest absolute Gasteiger partial charge is 0.497 e. The van der Waals surface area contributed by atoms with Gasteiger partial charge in [0.05, 0.1) is 25.9 Å². The van der Waals surface area contributed by atoms with Crippen molar-refractivity contribution in [3.8, 4) is 11.5 Å². The summed E-state index contributed by atoms with van der Waals surface area (Å²) in [5, 5.41) is 3.41. The highest BCUT2D eigenvalue weighted by atomic mass is 35.5. The second kappa shape index (κ2) is 8.74. The van der Waals surface area contributed by atoms with Gasteiger partial charge in [-0.05, 0) is 49.9 Å². The summed E-state index contributed by atoms with van der Waals surface area (Å²) in [5.41, 5.74) is 1.66. The first-order valence-corrected chi connectivity index (χ1v) is 8.30. The van der Waals surface area contributed by atoms with Crippen LogP contribution in [0.25, 0.3) is 0 Å². The summed E-state index contributed by atoms with van der Waals surface area (Å²) in [6.07, 6.45) is 0. The maximum absolute atomic E-state index is 12.6. The Morgan fingerprint density at radius 2 is 1.84 bits per heavy atom. The number of likely N-dealkylation sites (N-methyl/N-ethyl adjacent to an activating group) is 1. The summed E-state index contributed by atoms with van der Waals surface area (Å²) < 4.78 is 10.4. The van der Waals surface area contributed by atoms with Gasteiger partial charge in [0.2, 0.25) is 5.91 Å². The normalized spacial score (nSPS) is 11.9. The second-order valence-corrected chi connectivity index (χ2v) is 6.21. The Morgan fingerprint density at radius 3 is 2.44 bits per heavy atom. The Hall–Kier alpha value is -2.24. The lowest BCUT2D eigenvalue weighted by Crippen LogP contribution is -2.39. The Labute approximate surface area is 153 Å². The molecule has 1 amide bonds. The van der Waals surface area contributed by atoms with Gasteiger partial charge in [-0.15, -0.1) is 0 Å². The molecule has 0 aliphatic rings. The third-order valence-corrected chi connectivity index (χ3v) is 4.29. The third-order valence-electron chi connectivity index (χ3n) is 4.05. The monoisotopic (exact) mass is 362 g/mol. The Morgan fingerprint density at radius 1 is 1.16 bits per heavy atom. The van der Waals surface area contributed by atoms with E-state index in [1.54, 1.807) is 32.4 Å². The standard InChI is InChI=1S/C19H23ClN2O3/c1-13(22(2)12-14-5-8-16(24-3)9-6-14)19(23)21-17-11-15(20)7-10-18(17)25-4/h5-11,13H,12H2,1-4H3,(H,21,23)/t13-/m0/s1. The molecule has 0 spiro atoms. The van der Waals surface area contributed by atoms with Crippen molar-refractivity contribution in [2.45, 2.75) is 19.5 Å². The van der Waals surface area contributed by atoms with Gasteiger partial charge in [-0.3, -0.25) is 9.69 Å². The number of nitrogens with one attached hydrogen (secondary N) is 1. The number of benzene rings is 2. The van der Waals surface area contributed by atoms with Crippen molar-refractivity contribution in [3.63, 3.8) is 0 Å². The Kier molecular flexibility index (Phi) is 6.67. The van der Waals surface area contributed by atoms with Crippen LogP contribution in [0, 0.1) is 0 Å². The van der Waals surface area contributed by atoms with E-state index in [0.717, 1.165) is 11.3 Å². The molecule has 0 aliphatic carbocycles. The van der Waals surface area contributed by atoms with Crippen molar-refractivity contribution >= 4 is 23.2 Å². The number of carbonyl (C=O) groups excluding carboxylic acids is 1. The highest BCUT2D eigenvalue weighted by molar-refractivity contribution is 6.31. The van der Waals surface area contributed by atoms with Crippen LogP contribution in [-0.2, 0) is 11.3 Å². The Balaban J connectivity index is 2.02. The summed E-state index contributed by atoms with van der Waals surface area (Å²) in [6.45, 7) is 2.50. The first kappa shape index (κ1) is 19.1. The molecule has 0 radical (unpaired) electrons. The van der Waals surface area contributed by atoms with Gasteiger partial charge in [-0.25, -0.2) is 0 Å². The summed E-state index contributed by atoms with van der Waals surface area (Å²) in [5.74, 6) is 1.25. The average molecular weight is 363 g/mol. The van der Waals surface area contributed by atoms with E-state index in [4.69, 9.17) is 21.1 Å². The molecule has 25 heavy (non-hydrogen) atoms. The fourth-order valence-electron chi connectivity index (χ4n) is 2.37. The second-order valence-electron chi connectivity index (χ2n) is 5.77. The van der Waals surface area contributed by atoms with E-state index in [0.29, 0.717) is 23.0 Å². The first-order chi connectivity index (χ1) is 11.9. The van der Waals surface area contributed by atoms with Gasteiger partial charge < -0.3 is 14.8 Å². The molecule has 1 N–H and O–H groups in total. The predicted molar refractivity (Wildman–Crippen MR) is 101 cm³/mol. The number of anilines is 1. The molecule has 2 aromatic carbocycles. The summed E-state index contributed by atoms with van der Waals surface area (Å²) in [7, 11) is 5.10. The quantitative estimate of drug-likeness (QED) is 0.813. The fraction of sp³-hybridized carbons (Fsp3) is 0.316. The van der Waals surface area contributed by atoms with Gasteiger partial charge in [0.15, 0.2) is 0 Å². The molecule has 5 nitrogen and oxygen atoms in total. The maximum atomic E-state index is 12.6. The number of rotatable bonds is 7. The summed E-state index contributed by atoms with van der Waals surface area (Å²) in [4.78, 5) is 14.5. The first-order valence-electron chi connectivity index (χ1n) is 7.92. The molecule has 0 aromatic heterocycles.